The summed E-state index contributed by atoms with van der Waals surface area (Å²) in [5.41, 5.74) is 0. The highest BCUT2D eigenvalue weighted by atomic mass is 16.5. The maximum Gasteiger partial charge on any atom is 0.308 e. The highest BCUT2D eigenvalue weighted by Gasteiger charge is 2.26. The van der Waals surface area contributed by atoms with Gasteiger partial charge in [-0.1, -0.05) is 18.2 Å². The average molecular weight is 333 g/mol. The quantitative estimate of drug-likeness (QED) is 0.373. The molecule has 0 saturated carbocycles. The fraction of sp³-hybridized carbons (Fsp3) is 0.556. The Morgan fingerprint density at radius 3 is 2.62 bits per heavy atom. The van der Waals surface area contributed by atoms with Crippen molar-refractivity contribution >= 4 is 11.9 Å². The second-order valence-electron chi connectivity index (χ2n) is 5.68. The van der Waals surface area contributed by atoms with E-state index in [1.54, 1.807) is 0 Å². The molecular formula is C18H27N3O3. The number of hydrogen-bond donors (Lipinski definition) is 1. The molecule has 1 aliphatic heterocycles. The van der Waals surface area contributed by atoms with Crippen molar-refractivity contribution in [2.45, 2.75) is 19.8 Å². The molecule has 24 heavy (non-hydrogen) atoms. The van der Waals surface area contributed by atoms with Gasteiger partial charge in [0.2, 0.25) is 0 Å². The highest BCUT2D eigenvalue weighted by molar-refractivity contribution is 5.80. The van der Waals surface area contributed by atoms with Crippen LogP contribution in [0, 0.1) is 5.92 Å². The highest BCUT2D eigenvalue weighted by Crippen LogP contribution is 2.18. The van der Waals surface area contributed by atoms with Gasteiger partial charge in [0.15, 0.2) is 5.96 Å². The summed E-state index contributed by atoms with van der Waals surface area (Å²) in [5, 5.41) is 3.31. The number of aliphatic imine (C=N–C) groups is 1. The van der Waals surface area contributed by atoms with Gasteiger partial charge in [-0.15, -0.1) is 0 Å². The van der Waals surface area contributed by atoms with Crippen LogP contribution in [0.4, 0.5) is 0 Å². The number of piperidine rings is 1. The smallest absolute Gasteiger partial charge is 0.308 e. The van der Waals surface area contributed by atoms with Crippen molar-refractivity contribution < 1.29 is 14.3 Å². The van der Waals surface area contributed by atoms with Gasteiger partial charge in [0.1, 0.15) is 12.4 Å². The van der Waals surface area contributed by atoms with Crippen molar-refractivity contribution in [1.29, 1.82) is 0 Å². The van der Waals surface area contributed by atoms with Gasteiger partial charge in [0.25, 0.3) is 0 Å². The molecule has 1 aromatic rings. The van der Waals surface area contributed by atoms with Gasteiger partial charge in [-0.05, 0) is 31.9 Å². The van der Waals surface area contributed by atoms with Gasteiger partial charge in [-0.2, -0.15) is 0 Å². The normalized spacial score (nSPS) is 15.9. The van der Waals surface area contributed by atoms with Crippen LogP contribution in [0.25, 0.3) is 0 Å². The topological polar surface area (TPSA) is 63.2 Å². The van der Waals surface area contributed by atoms with Gasteiger partial charge in [-0.25, -0.2) is 4.99 Å². The molecule has 0 aliphatic carbocycles. The van der Waals surface area contributed by atoms with Crippen LogP contribution in [0.1, 0.15) is 19.8 Å². The molecule has 1 N–H and O–H groups in total. The van der Waals surface area contributed by atoms with E-state index >= 15 is 0 Å². The SMILES string of the molecule is CCNC(=NCCOc1ccccc1)N1CCC(C(=O)OC)CC1. The van der Waals surface area contributed by atoms with Gasteiger partial charge in [0, 0.05) is 19.6 Å². The van der Waals surface area contributed by atoms with E-state index < -0.39 is 0 Å². The first kappa shape index (κ1) is 18.1. The molecular weight excluding hydrogens is 306 g/mol. The van der Waals surface area contributed by atoms with E-state index in [9.17, 15) is 4.79 Å². The third-order valence-corrected chi connectivity index (χ3v) is 4.03. The Balaban J connectivity index is 1.81. The number of carbonyl (C=O) groups is 1. The first-order valence-corrected chi connectivity index (χ1v) is 8.53. The van der Waals surface area contributed by atoms with Crippen LogP contribution >= 0.6 is 0 Å². The summed E-state index contributed by atoms with van der Waals surface area (Å²) in [6, 6.07) is 9.74. The number of hydrogen-bond acceptors (Lipinski definition) is 4. The molecule has 2 rings (SSSR count). The first-order chi connectivity index (χ1) is 11.7. The van der Waals surface area contributed by atoms with Crippen molar-refractivity contribution in [3.05, 3.63) is 30.3 Å². The van der Waals surface area contributed by atoms with Crippen molar-refractivity contribution in [1.82, 2.24) is 10.2 Å². The van der Waals surface area contributed by atoms with Gasteiger partial charge in [-0.3, -0.25) is 4.79 Å². The summed E-state index contributed by atoms with van der Waals surface area (Å²) in [7, 11) is 1.45. The minimum Gasteiger partial charge on any atom is -0.492 e. The fourth-order valence-corrected chi connectivity index (χ4v) is 2.75. The number of esters is 1. The molecule has 0 atom stereocenters. The van der Waals surface area contributed by atoms with Crippen LogP contribution in [0.2, 0.25) is 0 Å². The lowest BCUT2D eigenvalue weighted by Gasteiger charge is -2.33. The Bertz CT molecular complexity index is 526. The van der Waals surface area contributed by atoms with Gasteiger partial charge < -0.3 is 19.7 Å². The van der Waals surface area contributed by atoms with E-state index in [1.165, 1.54) is 7.11 Å². The largest absolute Gasteiger partial charge is 0.492 e. The van der Waals surface area contributed by atoms with E-state index in [2.05, 4.69) is 22.1 Å². The van der Waals surface area contributed by atoms with Crippen molar-refractivity contribution in [3.63, 3.8) is 0 Å². The summed E-state index contributed by atoms with van der Waals surface area (Å²) in [6.07, 6.45) is 1.61. The number of guanidine groups is 1. The van der Waals surface area contributed by atoms with Crippen LogP contribution < -0.4 is 10.1 Å². The maximum absolute atomic E-state index is 11.6. The average Bonchev–Trinajstić information content (AvgIpc) is 2.64. The molecule has 0 radical (unpaired) electrons. The molecule has 6 heteroatoms. The van der Waals surface area contributed by atoms with Crippen LogP contribution in [0.15, 0.2) is 35.3 Å². The van der Waals surface area contributed by atoms with Crippen molar-refractivity contribution in [2.24, 2.45) is 10.9 Å². The third-order valence-electron chi connectivity index (χ3n) is 4.03. The van der Waals surface area contributed by atoms with E-state index in [4.69, 9.17) is 9.47 Å². The van der Waals surface area contributed by atoms with E-state index in [0.29, 0.717) is 13.2 Å². The summed E-state index contributed by atoms with van der Waals surface area (Å²) < 4.78 is 10.5. The van der Waals surface area contributed by atoms with E-state index in [0.717, 1.165) is 44.2 Å². The molecule has 1 aromatic carbocycles. The number of benzene rings is 1. The Hall–Kier alpha value is -2.24. The number of rotatable bonds is 6. The second-order valence-corrected chi connectivity index (χ2v) is 5.68. The number of carbonyl (C=O) groups excluding carboxylic acids is 1. The predicted molar refractivity (Wildman–Crippen MR) is 94.2 cm³/mol. The Kier molecular flexibility index (Phi) is 7.39. The lowest BCUT2D eigenvalue weighted by atomic mass is 9.97. The number of nitrogens with one attached hydrogen (secondary N) is 1. The minimum absolute atomic E-state index is 0.00976. The Morgan fingerprint density at radius 1 is 1.29 bits per heavy atom. The Labute approximate surface area is 143 Å². The number of ether oxygens (including phenoxy) is 2. The number of methoxy groups -OCH3 is 1. The van der Waals surface area contributed by atoms with Crippen molar-refractivity contribution in [3.8, 4) is 5.75 Å². The zero-order chi connectivity index (χ0) is 17.2. The zero-order valence-electron chi connectivity index (χ0n) is 14.5. The molecule has 1 heterocycles. The van der Waals surface area contributed by atoms with Crippen LogP contribution in [0.5, 0.6) is 5.75 Å². The lowest BCUT2D eigenvalue weighted by molar-refractivity contribution is -0.146. The minimum atomic E-state index is -0.104. The molecule has 0 spiro atoms. The second kappa shape index (κ2) is 9.80. The molecule has 0 aromatic heterocycles. The number of nitrogens with zero attached hydrogens (tertiary/aromatic N) is 2. The first-order valence-electron chi connectivity index (χ1n) is 8.53. The van der Waals surface area contributed by atoms with Crippen molar-refractivity contribution in [2.75, 3.05) is 39.9 Å². The van der Waals surface area contributed by atoms with Crippen LogP contribution in [-0.4, -0.2) is 56.7 Å². The Morgan fingerprint density at radius 2 is 2.00 bits per heavy atom. The molecule has 0 unspecified atom stereocenters. The van der Waals surface area contributed by atoms with Crippen LogP contribution in [-0.2, 0) is 9.53 Å². The van der Waals surface area contributed by atoms with Gasteiger partial charge >= 0.3 is 5.97 Å². The van der Waals surface area contributed by atoms with E-state index in [1.807, 2.05) is 30.3 Å². The van der Waals surface area contributed by atoms with E-state index in [-0.39, 0.29) is 11.9 Å². The maximum atomic E-state index is 11.6. The standard InChI is InChI=1S/C18H27N3O3/c1-3-19-18(20-11-14-24-16-7-5-4-6-8-16)21-12-9-15(10-13-21)17(22)23-2/h4-8,15H,3,9-14H2,1-2H3,(H,19,20). The molecule has 1 fully saturated rings. The lowest BCUT2D eigenvalue weighted by Crippen LogP contribution is -2.46. The number of para-hydroxylation sites is 1. The van der Waals surface area contributed by atoms with Gasteiger partial charge in [0.05, 0.1) is 19.6 Å². The zero-order valence-corrected chi connectivity index (χ0v) is 14.5. The summed E-state index contributed by atoms with van der Waals surface area (Å²) >= 11 is 0. The number of likely N-dealkylation sites (tertiary alicyclic amines) is 1. The summed E-state index contributed by atoms with van der Waals surface area (Å²) in [5.74, 6) is 1.65. The molecule has 1 saturated heterocycles. The monoisotopic (exact) mass is 333 g/mol. The third kappa shape index (κ3) is 5.44. The van der Waals surface area contributed by atoms with Crippen LogP contribution in [0.3, 0.4) is 0 Å². The molecule has 0 amide bonds. The summed E-state index contributed by atoms with van der Waals surface area (Å²) in [4.78, 5) is 18.4. The fourth-order valence-electron chi connectivity index (χ4n) is 2.75. The molecule has 6 nitrogen and oxygen atoms in total. The molecule has 0 bridgehead atoms. The molecule has 1 aliphatic rings. The molecule has 132 valence electrons. The predicted octanol–water partition coefficient (Wildman–Crippen LogP) is 1.92. The summed E-state index contributed by atoms with van der Waals surface area (Å²) in [6.45, 7) is 5.62.